The van der Waals surface area contributed by atoms with Crippen LogP contribution in [0.1, 0.15) is 28.4 Å². The molecule has 2 aromatic carbocycles. The standard InChI is InChI=1S/C22H30N4OS.HI/c1-4-24-22(26-14-15-28-20-10-8-17(2)9-11-20)25-13-12-18-6-5-7-19(16-18)21(27)23-3;/h5-11,16H,4,12-15H2,1-3H3,(H,23,27)(H2,24,25,26);1H. The van der Waals surface area contributed by atoms with E-state index in [2.05, 4.69) is 59.1 Å². The van der Waals surface area contributed by atoms with E-state index in [0.29, 0.717) is 12.1 Å². The van der Waals surface area contributed by atoms with Crippen LogP contribution in [0.15, 0.2) is 58.4 Å². The Morgan fingerprint density at radius 3 is 2.55 bits per heavy atom. The van der Waals surface area contributed by atoms with Gasteiger partial charge in [0.25, 0.3) is 5.91 Å². The number of aryl methyl sites for hydroxylation is 1. The summed E-state index contributed by atoms with van der Waals surface area (Å²) in [5.74, 6) is 1.74. The van der Waals surface area contributed by atoms with Crippen LogP contribution in [-0.4, -0.2) is 44.3 Å². The molecule has 29 heavy (non-hydrogen) atoms. The van der Waals surface area contributed by atoms with Gasteiger partial charge in [0, 0.05) is 42.9 Å². The first kappa shape index (κ1) is 25.3. The zero-order valence-electron chi connectivity index (χ0n) is 17.3. The number of rotatable bonds is 9. The fraction of sp³-hybridized carbons (Fsp3) is 0.364. The summed E-state index contributed by atoms with van der Waals surface area (Å²) in [6, 6.07) is 16.3. The quantitative estimate of drug-likeness (QED) is 0.153. The van der Waals surface area contributed by atoms with E-state index in [1.165, 1.54) is 10.5 Å². The Morgan fingerprint density at radius 2 is 1.86 bits per heavy atom. The van der Waals surface area contributed by atoms with Crippen LogP contribution < -0.4 is 16.0 Å². The number of carbonyl (C=O) groups is 1. The van der Waals surface area contributed by atoms with Gasteiger partial charge in [-0.3, -0.25) is 9.79 Å². The summed E-state index contributed by atoms with van der Waals surface area (Å²) in [6.45, 7) is 6.49. The van der Waals surface area contributed by atoms with Crippen LogP contribution in [0.4, 0.5) is 0 Å². The average Bonchev–Trinajstić information content (AvgIpc) is 2.72. The lowest BCUT2D eigenvalue weighted by atomic mass is 10.1. The number of guanidine groups is 1. The normalized spacial score (nSPS) is 10.8. The molecule has 2 aromatic rings. The molecule has 5 nitrogen and oxygen atoms in total. The summed E-state index contributed by atoms with van der Waals surface area (Å²) in [6.07, 6.45) is 0.791. The number of carbonyl (C=O) groups excluding carboxylic acids is 1. The van der Waals surface area contributed by atoms with E-state index in [9.17, 15) is 4.79 Å². The zero-order valence-corrected chi connectivity index (χ0v) is 20.5. The fourth-order valence-electron chi connectivity index (χ4n) is 2.62. The minimum absolute atomic E-state index is 0. The number of thioether (sulfide) groups is 1. The number of hydrogen-bond acceptors (Lipinski definition) is 3. The Morgan fingerprint density at radius 1 is 1.10 bits per heavy atom. The molecule has 0 fully saturated rings. The molecule has 0 saturated heterocycles. The predicted octanol–water partition coefficient (Wildman–Crippen LogP) is 3.86. The van der Waals surface area contributed by atoms with Crippen LogP contribution in [0.5, 0.6) is 0 Å². The molecule has 0 bridgehead atoms. The molecule has 158 valence electrons. The second-order valence-electron chi connectivity index (χ2n) is 6.38. The molecule has 1 amide bonds. The Bertz CT molecular complexity index is 781. The van der Waals surface area contributed by atoms with Crippen LogP contribution in [0, 0.1) is 6.92 Å². The van der Waals surface area contributed by atoms with E-state index >= 15 is 0 Å². The summed E-state index contributed by atoms with van der Waals surface area (Å²) < 4.78 is 0. The number of aliphatic imine (C=N–C) groups is 1. The smallest absolute Gasteiger partial charge is 0.251 e. The van der Waals surface area contributed by atoms with Gasteiger partial charge in [-0.1, -0.05) is 29.8 Å². The van der Waals surface area contributed by atoms with Gasteiger partial charge in [0.2, 0.25) is 0 Å². The third-order valence-electron chi connectivity index (χ3n) is 4.12. The van der Waals surface area contributed by atoms with Crippen molar-refractivity contribution in [1.29, 1.82) is 0 Å². The minimum Gasteiger partial charge on any atom is -0.357 e. The molecule has 0 saturated carbocycles. The largest absolute Gasteiger partial charge is 0.357 e. The van der Waals surface area contributed by atoms with Crippen molar-refractivity contribution >= 4 is 47.6 Å². The van der Waals surface area contributed by atoms with Gasteiger partial charge in [0.05, 0.1) is 0 Å². The molecule has 0 atom stereocenters. The molecule has 3 N–H and O–H groups in total. The predicted molar refractivity (Wildman–Crippen MR) is 135 cm³/mol. The van der Waals surface area contributed by atoms with Crippen molar-refractivity contribution in [2.75, 3.05) is 32.4 Å². The van der Waals surface area contributed by atoms with Gasteiger partial charge in [-0.2, -0.15) is 0 Å². The van der Waals surface area contributed by atoms with E-state index < -0.39 is 0 Å². The van der Waals surface area contributed by atoms with Crippen molar-refractivity contribution in [2.24, 2.45) is 4.99 Å². The Balaban J connectivity index is 0.00000420. The van der Waals surface area contributed by atoms with Gasteiger partial charge in [0.1, 0.15) is 0 Å². The van der Waals surface area contributed by atoms with Crippen LogP contribution in [0.2, 0.25) is 0 Å². The zero-order chi connectivity index (χ0) is 20.2. The van der Waals surface area contributed by atoms with Crippen molar-refractivity contribution in [3.63, 3.8) is 0 Å². The van der Waals surface area contributed by atoms with Crippen LogP contribution in [-0.2, 0) is 6.42 Å². The van der Waals surface area contributed by atoms with Crippen molar-refractivity contribution in [3.8, 4) is 0 Å². The molecule has 0 heterocycles. The highest BCUT2D eigenvalue weighted by Gasteiger charge is 2.04. The Kier molecular flexibility index (Phi) is 12.5. The summed E-state index contributed by atoms with van der Waals surface area (Å²) in [7, 11) is 1.64. The molecular formula is C22H31IN4OS. The molecule has 0 aromatic heterocycles. The second-order valence-corrected chi connectivity index (χ2v) is 7.55. The number of halogens is 1. The highest BCUT2D eigenvalue weighted by Crippen LogP contribution is 2.17. The number of benzene rings is 2. The van der Waals surface area contributed by atoms with E-state index in [0.717, 1.165) is 36.8 Å². The minimum atomic E-state index is -0.0635. The van der Waals surface area contributed by atoms with E-state index in [-0.39, 0.29) is 29.9 Å². The lowest BCUT2D eigenvalue weighted by Gasteiger charge is -2.11. The van der Waals surface area contributed by atoms with Gasteiger partial charge in [-0.05, 0) is 50.1 Å². The topological polar surface area (TPSA) is 65.5 Å². The molecule has 0 spiro atoms. The molecule has 0 aliphatic heterocycles. The molecule has 7 heteroatoms. The molecule has 0 radical (unpaired) electrons. The molecule has 0 aliphatic carbocycles. The van der Waals surface area contributed by atoms with Gasteiger partial charge < -0.3 is 16.0 Å². The lowest BCUT2D eigenvalue weighted by Crippen LogP contribution is -2.38. The van der Waals surface area contributed by atoms with E-state index in [1.54, 1.807) is 7.05 Å². The highest BCUT2D eigenvalue weighted by atomic mass is 127. The van der Waals surface area contributed by atoms with Gasteiger partial charge in [-0.25, -0.2) is 0 Å². The maximum atomic E-state index is 11.7. The van der Waals surface area contributed by atoms with Crippen LogP contribution in [0.25, 0.3) is 0 Å². The van der Waals surface area contributed by atoms with Crippen molar-refractivity contribution in [3.05, 3.63) is 65.2 Å². The fourth-order valence-corrected chi connectivity index (χ4v) is 3.39. The lowest BCUT2D eigenvalue weighted by molar-refractivity contribution is 0.0963. The number of nitrogens with one attached hydrogen (secondary N) is 3. The molecule has 0 aliphatic rings. The summed E-state index contributed by atoms with van der Waals surface area (Å²) in [5.41, 5.74) is 3.07. The van der Waals surface area contributed by atoms with Crippen LogP contribution in [0.3, 0.4) is 0 Å². The first-order valence-corrected chi connectivity index (χ1v) is 10.6. The summed E-state index contributed by atoms with van der Waals surface area (Å²) >= 11 is 1.83. The third kappa shape index (κ3) is 9.54. The molecular weight excluding hydrogens is 495 g/mol. The van der Waals surface area contributed by atoms with E-state index in [4.69, 9.17) is 0 Å². The number of amides is 1. The molecule has 0 unspecified atom stereocenters. The summed E-state index contributed by atoms with van der Waals surface area (Å²) in [5, 5.41) is 9.31. The maximum Gasteiger partial charge on any atom is 0.251 e. The Hall–Kier alpha value is -1.74. The van der Waals surface area contributed by atoms with Crippen LogP contribution >= 0.6 is 35.7 Å². The maximum absolute atomic E-state index is 11.7. The van der Waals surface area contributed by atoms with Crippen molar-refractivity contribution < 1.29 is 4.79 Å². The van der Waals surface area contributed by atoms with Gasteiger partial charge >= 0.3 is 0 Å². The number of hydrogen-bond donors (Lipinski definition) is 3. The van der Waals surface area contributed by atoms with E-state index in [1.807, 2.05) is 36.0 Å². The third-order valence-corrected chi connectivity index (χ3v) is 5.13. The SMILES string of the molecule is CCNC(=NCCc1cccc(C(=O)NC)c1)NCCSc1ccc(C)cc1.I. The van der Waals surface area contributed by atoms with Crippen molar-refractivity contribution in [2.45, 2.75) is 25.2 Å². The monoisotopic (exact) mass is 526 g/mol. The molecule has 2 rings (SSSR count). The first-order valence-electron chi connectivity index (χ1n) is 9.65. The first-order chi connectivity index (χ1) is 13.6. The second kappa shape index (κ2) is 14.3. The summed E-state index contributed by atoms with van der Waals surface area (Å²) in [4.78, 5) is 17.7. The highest BCUT2D eigenvalue weighted by molar-refractivity contribution is 14.0. The number of nitrogens with zero attached hydrogens (tertiary/aromatic N) is 1. The Labute approximate surface area is 195 Å². The van der Waals surface area contributed by atoms with Crippen molar-refractivity contribution in [1.82, 2.24) is 16.0 Å². The van der Waals surface area contributed by atoms with Gasteiger partial charge in [0.15, 0.2) is 5.96 Å². The average molecular weight is 526 g/mol. The van der Waals surface area contributed by atoms with Gasteiger partial charge in [-0.15, -0.1) is 35.7 Å².